The van der Waals surface area contributed by atoms with Crippen LogP contribution in [0.3, 0.4) is 0 Å². The summed E-state index contributed by atoms with van der Waals surface area (Å²) in [5.74, 6) is -0.325. The predicted molar refractivity (Wildman–Crippen MR) is 123 cm³/mol. The van der Waals surface area contributed by atoms with Crippen molar-refractivity contribution in [1.82, 2.24) is 20.6 Å². The van der Waals surface area contributed by atoms with Gasteiger partial charge in [-0.25, -0.2) is 4.98 Å². The maximum absolute atomic E-state index is 12.8. The van der Waals surface area contributed by atoms with Crippen LogP contribution in [0.1, 0.15) is 21.1 Å². The number of carbonyl (C=O) groups is 2. The highest BCUT2D eigenvalue weighted by atomic mass is 32.1. The Kier molecular flexibility index (Phi) is 6.84. The summed E-state index contributed by atoms with van der Waals surface area (Å²) in [6.45, 7) is 0.366. The molecule has 8 heteroatoms. The Bertz CT molecular complexity index is 1200. The summed E-state index contributed by atoms with van der Waals surface area (Å²) in [5.41, 5.74) is 2.18. The van der Waals surface area contributed by atoms with Gasteiger partial charge in [0.05, 0.1) is 22.7 Å². The third kappa shape index (κ3) is 5.55. The fourth-order valence-electron chi connectivity index (χ4n) is 2.89. The van der Waals surface area contributed by atoms with Crippen LogP contribution in [0.2, 0.25) is 0 Å². The molecule has 32 heavy (non-hydrogen) atoms. The summed E-state index contributed by atoms with van der Waals surface area (Å²) >= 11 is 1.51. The van der Waals surface area contributed by atoms with E-state index in [9.17, 15) is 9.59 Å². The first kappa shape index (κ1) is 21.2. The number of nitrogens with one attached hydrogen (secondary N) is 2. The maximum Gasteiger partial charge on any atom is 0.267 e. The van der Waals surface area contributed by atoms with Crippen molar-refractivity contribution in [2.45, 2.75) is 6.42 Å². The minimum absolute atomic E-state index is 0.0992. The van der Waals surface area contributed by atoms with Gasteiger partial charge in [-0.3, -0.25) is 14.6 Å². The van der Waals surface area contributed by atoms with Gasteiger partial charge < -0.3 is 15.1 Å². The number of furan rings is 1. The Balaban J connectivity index is 1.39. The third-order valence-electron chi connectivity index (χ3n) is 4.46. The Morgan fingerprint density at radius 2 is 1.84 bits per heavy atom. The van der Waals surface area contributed by atoms with E-state index in [1.54, 1.807) is 42.6 Å². The molecule has 0 unspecified atom stereocenters. The molecule has 0 bridgehead atoms. The lowest BCUT2D eigenvalue weighted by molar-refractivity contribution is -0.117. The van der Waals surface area contributed by atoms with Crippen molar-refractivity contribution in [2.75, 3.05) is 6.54 Å². The quantitative estimate of drug-likeness (QED) is 0.402. The molecule has 2 amide bonds. The minimum atomic E-state index is -0.410. The van der Waals surface area contributed by atoms with Crippen LogP contribution in [0.25, 0.3) is 17.5 Å². The number of benzene rings is 1. The number of hydrogen-bond acceptors (Lipinski definition) is 6. The number of carbonyl (C=O) groups excluding carboxylic acids is 2. The maximum atomic E-state index is 12.8. The average Bonchev–Trinajstić information content (AvgIpc) is 3.52. The van der Waals surface area contributed by atoms with Crippen LogP contribution in [0.15, 0.2) is 88.6 Å². The van der Waals surface area contributed by atoms with E-state index in [-0.39, 0.29) is 11.6 Å². The number of nitrogens with zero attached hydrogens (tertiary/aromatic N) is 2. The second kappa shape index (κ2) is 10.3. The predicted octanol–water partition coefficient (Wildman–Crippen LogP) is 3.93. The molecule has 0 radical (unpaired) electrons. The lowest BCUT2D eigenvalue weighted by Crippen LogP contribution is -2.35. The van der Waals surface area contributed by atoms with Crippen LogP contribution in [-0.2, 0) is 11.2 Å². The average molecular weight is 445 g/mol. The number of hydrogen-bond donors (Lipinski definition) is 2. The zero-order valence-electron chi connectivity index (χ0n) is 17.0. The molecule has 0 aliphatic carbocycles. The van der Waals surface area contributed by atoms with Gasteiger partial charge in [-0.1, -0.05) is 24.3 Å². The van der Waals surface area contributed by atoms with Crippen molar-refractivity contribution in [2.24, 2.45) is 0 Å². The van der Waals surface area contributed by atoms with Gasteiger partial charge in [-0.05, 0) is 36.4 Å². The molecule has 0 saturated carbocycles. The van der Waals surface area contributed by atoms with Gasteiger partial charge in [0.2, 0.25) is 0 Å². The van der Waals surface area contributed by atoms with E-state index >= 15 is 0 Å². The Morgan fingerprint density at radius 3 is 2.59 bits per heavy atom. The molecular weight excluding hydrogens is 424 g/mol. The highest BCUT2D eigenvalue weighted by molar-refractivity contribution is 7.09. The molecule has 4 aromatic rings. The van der Waals surface area contributed by atoms with Gasteiger partial charge >= 0.3 is 0 Å². The van der Waals surface area contributed by atoms with Crippen LogP contribution in [0.5, 0.6) is 0 Å². The van der Waals surface area contributed by atoms with Gasteiger partial charge in [0.15, 0.2) is 0 Å². The molecule has 3 aromatic heterocycles. The van der Waals surface area contributed by atoms with Crippen molar-refractivity contribution < 1.29 is 14.0 Å². The summed E-state index contributed by atoms with van der Waals surface area (Å²) in [5, 5.41) is 8.34. The molecule has 4 rings (SSSR count). The number of aromatic nitrogens is 2. The van der Waals surface area contributed by atoms with Crippen molar-refractivity contribution in [3.8, 4) is 11.4 Å². The second-order valence-corrected chi connectivity index (χ2v) is 7.68. The second-order valence-electron chi connectivity index (χ2n) is 6.74. The van der Waals surface area contributed by atoms with Gasteiger partial charge in [0.25, 0.3) is 11.8 Å². The zero-order valence-corrected chi connectivity index (χ0v) is 17.8. The van der Waals surface area contributed by atoms with E-state index in [1.807, 2.05) is 29.6 Å². The van der Waals surface area contributed by atoms with Gasteiger partial charge in [-0.2, -0.15) is 0 Å². The third-order valence-corrected chi connectivity index (χ3v) is 5.37. The van der Waals surface area contributed by atoms with Gasteiger partial charge in [-0.15, -0.1) is 11.3 Å². The SMILES string of the molecule is O=C(NCCc1nc(-c2ccccn2)cs1)C(=Cc1ccco1)NC(=O)c1ccccc1. The molecule has 0 atom stereocenters. The lowest BCUT2D eigenvalue weighted by Gasteiger charge is -2.10. The molecule has 0 aliphatic rings. The first-order chi connectivity index (χ1) is 15.7. The van der Waals surface area contributed by atoms with Crippen LogP contribution < -0.4 is 10.6 Å². The minimum Gasteiger partial charge on any atom is -0.465 e. The topological polar surface area (TPSA) is 97.1 Å². The van der Waals surface area contributed by atoms with Crippen LogP contribution in [0, 0.1) is 0 Å². The lowest BCUT2D eigenvalue weighted by atomic mass is 10.2. The van der Waals surface area contributed by atoms with Crippen molar-refractivity contribution in [1.29, 1.82) is 0 Å². The van der Waals surface area contributed by atoms with E-state index in [4.69, 9.17) is 4.42 Å². The van der Waals surface area contributed by atoms with Crippen molar-refractivity contribution in [3.63, 3.8) is 0 Å². The fraction of sp³-hybridized carbons (Fsp3) is 0.0833. The highest BCUT2D eigenvalue weighted by Crippen LogP contribution is 2.19. The van der Waals surface area contributed by atoms with Crippen molar-refractivity contribution in [3.05, 3.63) is 101 Å². The number of thiazole rings is 1. The molecule has 0 aliphatic heterocycles. The van der Waals surface area contributed by atoms with Crippen LogP contribution in [0.4, 0.5) is 0 Å². The standard InChI is InChI=1S/C24H20N4O3S/c29-23(17-7-2-1-3-8-17)28-20(15-18-9-6-14-31-18)24(30)26-13-11-22-27-21(16-32-22)19-10-4-5-12-25-19/h1-10,12,14-16H,11,13H2,(H,26,30)(H,28,29). The number of amides is 2. The summed E-state index contributed by atoms with van der Waals surface area (Å²) in [7, 11) is 0. The molecule has 0 saturated heterocycles. The first-order valence-corrected chi connectivity index (χ1v) is 10.8. The molecule has 7 nitrogen and oxygen atoms in total. The first-order valence-electron chi connectivity index (χ1n) is 9.94. The Labute approximate surface area is 188 Å². The van der Waals surface area contributed by atoms with E-state index in [2.05, 4.69) is 20.6 Å². The smallest absolute Gasteiger partial charge is 0.267 e. The molecule has 3 heterocycles. The molecular formula is C24H20N4O3S. The molecule has 1 aromatic carbocycles. The molecule has 160 valence electrons. The number of pyridine rings is 1. The summed E-state index contributed by atoms with van der Waals surface area (Å²) in [6.07, 6.45) is 5.29. The summed E-state index contributed by atoms with van der Waals surface area (Å²) in [6, 6.07) is 17.8. The zero-order chi connectivity index (χ0) is 22.2. The largest absolute Gasteiger partial charge is 0.465 e. The number of rotatable bonds is 8. The Hall–Kier alpha value is -4.04. The molecule has 2 N–H and O–H groups in total. The van der Waals surface area contributed by atoms with Crippen LogP contribution in [-0.4, -0.2) is 28.3 Å². The van der Waals surface area contributed by atoms with Crippen LogP contribution >= 0.6 is 11.3 Å². The summed E-state index contributed by atoms with van der Waals surface area (Å²) in [4.78, 5) is 34.2. The normalized spacial score (nSPS) is 11.2. The fourth-order valence-corrected chi connectivity index (χ4v) is 3.69. The van der Waals surface area contributed by atoms with E-state index in [0.717, 1.165) is 16.4 Å². The molecule has 0 spiro atoms. The van der Waals surface area contributed by atoms with E-state index in [0.29, 0.717) is 24.3 Å². The van der Waals surface area contributed by atoms with E-state index in [1.165, 1.54) is 23.7 Å². The van der Waals surface area contributed by atoms with E-state index < -0.39 is 5.91 Å². The monoisotopic (exact) mass is 444 g/mol. The summed E-state index contributed by atoms with van der Waals surface area (Å²) < 4.78 is 5.30. The molecule has 0 fully saturated rings. The van der Waals surface area contributed by atoms with Gasteiger partial charge in [0, 0.05) is 36.2 Å². The highest BCUT2D eigenvalue weighted by Gasteiger charge is 2.15. The van der Waals surface area contributed by atoms with Gasteiger partial charge in [0.1, 0.15) is 11.5 Å². The Morgan fingerprint density at radius 1 is 1.00 bits per heavy atom. The van der Waals surface area contributed by atoms with Crippen molar-refractivity contribution >= 4 is 29.2 Å².